The first kappa shape index (κ1) is 14.3. The zero-order valence-electron chi connectivity index (χ0n) is 11.7. The summed E-state index contributed by atoms with van der Waals surface area (Å²) >= 11 is 0. The molecule has 4 nitrogen and oxygen atoms in total. The Morgan fingerprint density at radius 2 is 1.94 bits per heavy atom. The van der Waals surface area contributed by atoms with Crippen LogP contribution in [0.15, 0.2) is 0 Å². The van der Waals surface area contributed by atoms with Gasteiger partial charge in [-0.05, 0) is 38.5 Å². The van der Waals surface area contributed by atoms with Gasteiger partial charge < -0.3 is 15.4 Å². The summed E-state index contributed by atoms with van der Waals surface area (Å²) in [6.07, 6.45) is 2.75. The van der Waals surface area contributed by atoms with E-state index >= 15 is 0 Å². The van der Waals surface area contributed by atoms with Crippen molar-refractivity contribution >= 4 is 6.03 Å². The van der Waals surface area contributed by atoms with Crippen molar-refractivity contribution in [1.29, 1.82) is 0 Å². The Morgan fingerprint density at radius 1 is 1.29 bits per heavy atom. The zero-order chi connectivity index (χ0) is 13.1. The lowest BCUT2D eigenvalue weighted by Gasteiger charge is -2.33. The summed E-state index contributed by atoms with van der Waals surface area (Å²) in [6.45, 7) is 11.4. The maximum absolute atomic E-state index is 11.8. The predicted octanol–water partition coefficient (Wildman–Crippen LogP) is 2.64. The van der Waals surface area contributed by atoms with E-state index in [0.29, 0.717) is 0 Å². The van der Waals surface area contributed by atoms with Gasteiger partial charge in [-0.2, -0.15) is 0 Å². The fourth-order valence-electron chi connectivity index (χ4n) is 2.55. The number of hydrogen-bond donors (Lipinski definition) is 2. The monoisotopic (exact) mass is 242 g/mol. The number of nitrogens with one attached hydrogen (secondary N) is 2. The lowest BCUT2D eigenvalue weighted by molar-refractivity contribution is 0.0887. The van der Waals surface area contributed by atoms with Crippen molar-refractivity contribution in [3.05, 3.63) is 0 Å². The SMILES string of the molecule is CC(C)(C)CC(C)(C)NC(=O)NC1CCCO1. The van der Waals surface area contributed by atoms with Crippen LogP contribution in [0.4, 0.5) is 4.79 Å². The molecular formula is C13H26N2O2. The molecular weight excluding hydrogens is 216 g/mol. The van der Waals surface area contributed by atoms with Gasteiger partial charge in [-0.1, -0.05) is 20.8 Å². The van der Waals surface area contributed by atoms with Gasteiger partial charge in [0.15, 0.2) is 0 Å². The molecule has 1 aliphatic rings. The fraction of sp³-hybridized carbons (Fsp3) is 0.923. The Labute approximate surface area is 104 Å². The van der Waals surface area contributed by atoms with E-state index in [1.165, 1.54) is 0 Å². The van der Waals surface area contributed by atoms with E-state index in [4.69, 9.17) is 4.74 Å². The van der Waals surface area contributed by atoms with Crippen LogP contribution in [0.1, 0.15) is 53.9 Å². The molecule has 0 spiro atoms. The number of carbonyl (C=O) groups excluding carboxylic acids is 1. The second-order valence-corrected chi connectivity index (χ2v) is 6.72. The van der Waals surface area contributed by atoms with Crippen LogP contribution in [-0.2, 0) is 4.74 Å². The summed E-state index contributed by atoms with van der Waals surface area (Å²) in [6, 6.07) is -0.133. The molecule has 17 heavy (non-hydrogen) atoms. The van der Waals surface area contributed by atoms with Gasteiger partial charge in [0.25, 0.3) is 0 Å². The van der Waals surface area contributed by atoms with Crippen LogP contribution in [0.2, 0.25) is 0 Å². The molecule has 2 N–H and O–H groups in total. The van der Waals surface area contributed by atoms with E-state index in [0.717, 1.165) is 25.9 Å². The first-order chi connectivity index (χ1) is 7.68. The van der Waals surface area contributed by atoms with Crippen molar-refractivity contribution in [3.63, 3.8) is 0 Å². The Bertz CT molecular complexity index is 263. The maximum atomic E-state index is 11.8. The third kappa shape index (κ3) is 5.91. The van der Waals surface area contributed by atoms with E-state index in [2.05, 4.69) is 31.4 Å². The summed E-state index contributed by atoms with van der Waals surface area (Å²) in [5.74, 6) is 0. The molecule has 1 rings (SSSR count). The molecule has 0 aromatic carbocycles. The van der Waals surface area contributed by atoms with Crippen LogP contribution < -0.4 is 10.6 Å². The predicted molar refractivity (Wildman–Crippen MR) is 68.8 cm³/mol. The van der Waals surface area contributed by atoms with E-state index in [9.17, 15) is 4.79 Å². The molecule has 0 aromatic rings. The molecule has 100 valence electrons. The molecule has 0 aliphatic carbocycles. The number of carbonyl (C=O) groups is 1. The minimum Gasteiger partial charge on any atom is -0.358 e. The maximum Gasteiger partial charge on any atom is 0.317 e. The lowest BCUT2D eigenvalue weighted by atomic mass is 9.82. The third-order valence-corrected chi connectivity index (χ3v) is 2.65. The van der Waals surface area contributed by atoms with Gasteiger partial charge in [-0.15, -0.1) is 0 Å². The molecule has 1 fully saturated rings. The van der Waals surface area contributed by atoms with Crippen molar-refractivity contribution in [2.45, 2.75) is 65.6 Å². The highest BCUT2D eigenvalue weighted by Crippen LogP contribution is 2.26. The number of ether oxygens (including phenoxy) is 1. The van der Waals surface area contributed by atoms with E-state index < -0.39 is 0 Å². The van der Waals surface area contributed by atoms with Crippen LogP contribution in [0.5, 0.6) is 0 Å². The molecule has 1 atom stereocenters. The minimum absolute atomic E-state index is 0.111. The van der Waals surface area contributed by atoms with Gasteiger partial charge >= 0.3 is 6.03 Å². The average molecular weight is 242 g/mol. The van der Waals surface area contributed by atoms with Gasteiger partial charge in [0.05, 0.1) is 0 Å². The average Bonchev–Trinajstić information content (AvgIpc) is 2.49. The standard InChI is InChI=1S/C13H26N2O2/c1-12(2,3)9-13(4,5)15-11(16)14-10-7-6-8-17-10/h10H,6-9H2,1-5H3,(H2,14,15,16). The van der Waals surface area contributed by atoms with Crippen molar-refractivity contribution in [2.75, 3.05) is 6.61 Å². The van der Waals surface area contributed by atoms with Gasteiger partial charge in [0.2, 0.25) is 0 Å². The van der Waals surface area contributed by atoms with Crippen molar-refractivity contribution in [2.24, 2.45) is 5.41 Å². The van der Waals surface area contributed by atoms with Crippen LogP contribution in [0.25, 0.3) is 0 Å². The normalized spacial score (nSPS) is 21.4. The van der Waals surface area contributed by atoms with Crippen molar-refractivity contribution < 1.29 is 9.53 Å². The Morgan fingerprint density at radius 3 is 2.41 bits per heavy atom. The van der Waals surface area contributed by atoms with Crippen molar-refractivity contribution in [3.8, 4) is 0 Å². The first-order valence-corrected chi connectivity index (χ1v) is 6.38. The number of hydrogen-bond acceptors (Lipinski definition) is 2. The molecule has 1 saturated heterocycles. The minimum atomic E-state index is -0.207. The smallest absolute Gasteiger partial charge is 0.317 e. The summed E-state index contributed by atoms with van der Waals surface area (Å²) in [4.78, 5) is 11.8. The molecule has 1 heterocycles. The lowest BCUT2D eigenvalue weighted by Crippen LogP contribution is -2.52. The molecule has 0 saturated carbocycles. The summed E-state index contributed by atoms with van der Waals surface area (Å²) in [7, 11) is 0. The summed E-state index contributed by atoms with van der Waals surface area (Å²) in [5, 5.41) is 5.86. The van der Waals surface area contributed by atoms with E-state index in [1.54, 1.807) is 0 Å². The molecule has 2 amide bonds. The number of rotatable bonds is 3. The van der Waals surface area contributed by atoms with Gasteiger partial charge in [-0.3, -0.25) is 0 Å². The molecule has 4 heteroatoms. The molecule has 0 bridgehead atoms. The van der Waals surface area contributed by atoms with Gasteiger partial charge in [-0.25, -0.2) is 4.79 Å². The zero-order valence-corrected chi connectivity index (χ0v) is 11.7. The molecule has 1 aliphatic heterocycles. The highest BCUT2D eigenvalue weighted by Gasteiger charge is 2.28. The fourth-order valence-corrected chi connectivity index (χ4v) is 2.55. The van der Waals surface area contributed by atoms with Gasteiger partial charge in [0, 0.05) is 12.1 Å². The summed E-state index contributed by atoms with van der Waals surface area (Å²) in [5.41, 5.74) is -0.0123. The van der Waals surface area contributed by atoms with E-state index in [-0.39, 0.29) is 23.2 Å². The topological polar surface area (TPSA) is 50.4 Å². The molecule has 0 radical (unpaired) electrons. The number of urea groups is 1. The highest BCUT2D eigenvalue weighted by molar-refractivity contribution is 5.74. The summed E-state index contributed by atoms with van der Waals surface area (Å²) < 4.78 is 5.37. The van der Waals surface area contributed by atoms with Crippen LogP contribution >= 0.6 is 0 Å². The van der Waals surface area contributed by atoms with Crippen LogP contribution in [-0.4, -0.2) is 24.4 Å². The Balaban J connectivity index is 2.38. The Hall–Kier alpha value is -0.770. The quantitative estimate of drug-likeness (QED) is 0.799. The highest BCUT2D eigenvalue weighted by atomic mass is 16.5. The third-order valence-electron chi connectivity index (χ3n) is 2.65. The largest absolute Gasteiger partial charge is 0.358 e. The van der Waals surface area contributed by atoms with Gasteiger partial charge in [0.1, 0.15) is 6.23 Å². The molecule has 1 unspecified atom stereocenters. The van der Waals surface area contributed by atoms with Crippen LogP contribution in [0, 0.1) is 5.41 Å². The van der Waals surface area contributed by atoms with Crippen molar-refractivity contribution in [1.82, 2.24) is 10.6 Å². The molecule has 0 aromatic heterocycles. The number of amides is 2. The first-order valence-electron chi connectivity index (χ1n) is 6.38. The van der Waals surface area contributed by atoms with Crippen LogP contribution in [0.3, 0.4) is 0 Å². The second kappa shape index (κ2) is 5.25. The Kier molecular flexibility index (Phi) is 4.42. The second-order valence-electron chi connectivity index (χ2n) is 6.72. The van der Waals surface area contributed by atoms with E-state index in [1.807, 2.05) is 13.8 Å².